The lowest BCUT2D eigenvalue weighted by Gasteiger charge is -2.17. The molecule has 0 radical (unpaired) electrons. The Labute approximate surface area is 119 Å². The smallest absolute Gasteiger partial charge is 0.321 e. The number of hydrogen-bond acceptors (Lipinski definition) is 3. The molecule has 1 rings (SSSR count). The van der Waals surface area contributed by atoms with Crippen molar-refractivity contribution in [3.05, 3.63) is 10.8 Å². The molecule has 1 aromatic heterocycles. The normalized spacial score (nSPS) is 12.0. The van der Waals surface area contributed by atoms with Crippen LogP contribution in [-0.4, -0.2) is 40.2 Å². The van der Waals surface area contributed by atoms with Gasteiger partial charge in [-0.1, -0.05) is 25.4 Å². The number of alkyl halides is 3. The molecule has 0 aromatic carbocycles. The Hall–Kier alpha value is -1.28. The van der Waals surface area contributed by atoms with Gasteiger partial charge in [0.2, 0.25) is 5.91 Å². The van der Waals surface area contributed by atoms with Gasteiger partial charge in [0, 0.05) is 7.05 Å². The van der Waals surface area contributed by atoms with Crippen LogP contribution in [0.4, 0.5) is 18.9 Å². The van der Waals surface area contributed by atoms with Gasteiger partial charge in [0.15, 0.2) is 10.8 Å². The summed E-state index contributed by atoms with van der Waals surface area (Å²) in [6, 6.07) is 0. The molecule has 1 heterocycles. The Balaban J connectivity index is 2.95. The molecule has 9 heteroatoms. The van der Waals surface area contributed by atoms with Crippen molar-refractivity contribution < 1.29 is 18.0 Å². The minimum Gasteiger partial charge on any atom is -0.321 e. The summed E-state index contributed by atoms with van der Waals surface area (Å²) in [4.78, 5) is 13.5. The van der Waals surface area contributed by atoms with Crippen LogP contribution in [0.1, 0.15) is 19.5 Å². The van der Waals surface area contributed by atoms with Crippen LogP contribution in [0.2, 0.25) is 5.15 Å². The maximum absolute atomic E-state index is 12.9. The summed E-state index contributed by atoms with van der Waals surface area (Å²) >= 11 is 5.64. The minimum atomic E-state index is -4.65. The van der Waals surface area contributed by atoms with E-state index in [-0.39, 0.29) is 11.7 Å². The lowest BCUT2D eigenvalue weighted by molar-refractivity contribution is -0.143. The van der Waals surface area contributed by atoms with Crippen molar-refractivity contribution in [3.63, 3.8) is 0 Å². The first-order chi connectivity index (χ1) is 9.20. The number of aromatic nitrogens is 2. The fourth-order valence-electron chi connectivity index (χ4n) is 1.76. The molecule has 1 amide bonds. The van der Waals surface area contributed by atoms with Gasteiger partial charge in [-0.15, -0.1) is 0 Å². The van der Waals surface area contributed by atoms with Crippen LogP contribution < -0.4 is 5.32 Å². The van der Waals surface area contributed by atoms with E-state index in [4.69, 9.17) is 11.6 Å². The van der Waals surface area contributed by atoms with E-state index in [1.807, 2.05) is 13.8 Å². The van der Waals surface area contributed by atoms with Crippen LogP contribution in [-0.2, 0) is 18.0 Å². The fourth-order valence-corrected chi connectivity index (χ4v) is 2.01. The summed E-state index contributed by atoms with van der Waals surface area (Å²) < 4.78 is 39.3. The van der Waals surface area contributed by atoms with E-state index >= 15 is 0 Å². The molecule has 1 N–H and O–H groups in total. The van der Waals surface area contributed by atoms with E-state index in [9.17, 15) is 18.0 Å². The number of nitrogens with one attached hydrogen (secondary N) is 1. The summed E-state index contributed by atoms with van der Waals surface area (Å²) in [7, 11) is 1.12. The highest BCUT2D eigenvalue weighted by Gasteiger charge is 2.39. The Bertz CT molecular complexity index is 483. The molecular formula is C11H16ClF3N4O. The van der Waals surface area contributed by atoms with Gasteiger partial charge in [-0.3, -0.25) is 14.4 Å². The lowest BCUT2D eigenvalue weighted by atomic mass is 10.3. The maximum Gasteiger partial charge on any atom is 0.435 e. The third-order valence-electron chi connectivity index (χ3n) is 2.80. The van der Waals surface area contributed by atoms with Crippen molar-refractivity contribution >= 4 is 23.2 Å². The second-order valence-electron chi connectivity index (χ2n) is 4.15. The molecule has 5 nitrogen and oxygen atoms in total. The van der Waals surface area contributed by atoms with Crippen LogP contribution in [0.25, 0.3) is 0 Å². The summed E-state index contributed by atoms with van der Waals surface area (Å²) in [5.41, 5.74) is -1.57. The highest BCUT2D eigenvalue weighted by atomic mass is 35.5. The van der Waals surface area contributed by atoms with Crippen LogP contribution >= 0.6 is 11.6 Å². The SMILES string of the molecule is CCN(CC)CC(=O)Nc1c(Cl)nn(C)c1C(F)(F)F. The average Bonchev–Trinajstić information content (AvgIpc) is 2.60. The first-order valence-electron chi connectivity index (χ1n) is 6.02. The van der Waals surface area contributed by atoms with Crippen LogP contribution in [0.15, 0.2) is 0 Å². The van der Waals surface area contributed by atoms with E-state index in [0.29, 0.717) is 17.8 Å². The van der Waals surface area contributed by atoms with Crippen molar-refractivity contribution in [2.45, 2.75) is 20.0 Å². The molecule has 1 aromatic rings. The number of rotatable bonds is 5. The van der Waals surface area contributed by atoms with E-state index in [1.165, 1.54) is 0 Å². The van der Waals surface area contributed by atoms with Gasteiger partial charge in [0.1, 0.15) is 5.69 Å². The topological polar surface area (TPSA) is 50.2 Å². The molecule has 0 saturated heterocycles. The molecule has 0 atom stereocenters. The van der Waals surface area contributed by atoms with Crippen LogP contribution in [0.3, 0.4) is 0 Å². The molecule has 0 fully saturated rings. The highest BCUT2D eigenvalue weighted by molar-refractivity contribution is 6.32. The lowest BCUT2D eigenvalue weighted by Crippen LogP contribution is -2.33. The van der Waals surface area contributed by atoms with Gasteiger partial charge >= 0.3 is 6.18 Å². The second-order valence-corrected chi connectivity index (χ2v) is 4.50. The molecule has 0 bridgehead atoms. The summed E-state index contributed by atoms with van der Waals surface area (Å²) in [5, 5.41) is 5.29. The van der Waals surface area contributed by atoms with Gasteiger partial charge in [-0.05, 0) is 13.1 Å². The fraction of sp³-hybridized carbons (Fsp3) is 0.636. The summed E-state index contributed by atoms with van der Waals surface area (Å²) in [6.07, 6.45) is -4.65. The molecule has 114 valence electrons. The third kappa shape index (κ3) is 3.86. The van der Waals surface area contributed by atoms with Crippen molar-refractivity contribution in [1.82, 2.24) is 14.7 Å². The van der Waals surface area contributed by atoms with Crippen molar-refractivity contribution in [1.29, 1.82) is 0 Å². The number of hydrogen-bond donors (Lipinski definition) is 1. The first kappa shape index (κ1) is 16.8. The zero-order valence-corrected chi connectivity index (χ0v) is 12.1. The van der Waals surface area contributed by atoms with E-state index in [0.717, 1.165) is 7.05 Å². The Kier molecular flexibility index (Phi) is 5.41. The molecule has 0 spiro atoms. The minimum absolute atomic E-state index is 0.00444. The van der Waals surface area contributed by atoms with Crippen molar-refractivity contribution in [2.24, 2.45) is 7.05 Å². The predicted octanol–water partition coefficient (Wildman–Crippen LogP) is 2.37. The number of likely N-dealkylation sites (N-methyl/N-ethyl adjacent to an activating group) is 1. The number of nitrogens with zero attached hydrogens (tertiary/aromatic N) is 3. The van der Waals surface area contributed by atoms with Crippen molar-refractivity contribution in [3.8, 4) is 0 Å². The maximum atomic E-state index is 12.9. The van der Waals surface area contributed by atoms with Gasteiger partial charge in [0.05, 0.1) is 6.54 Å². The molecular weight excluding hydrogens is 297 g/mol. The number of amides is 1. The molecule has 20 heavy (non-hydrogen) atoms. The van der Waals surface area contributed by atoms with Gasteiger partial charge < -0.3 is 5.32 Å². The standard InChI is InChI=1S/C11H16ClF3N4O/c1-4-19(5-2)6-7(20)16-8-9(11(13,14)15)18(3)17-10(8)12/h4-6H2,1-3H3,(H,16,20). The van der Waals surface area contributed by atoms with Gasteiger partial charge in [-0.25, -0.2) is 0 Å². The number of halogens is 4. The number of carbonyl (C=O) groups excluding carboxylic acids is 1. The zero-order valence-electron chi connectivity index (χ0n) is 11.4. The molecule has 0 saturated carbocycles. The molecule has 0 aliphatic rings. The summed E-state index contributed by atoms with van der Waals surface area (Å²) in [6.45, 7) is 4.95. The first-order valence-corrected chi connectivity index (χ1v) is 6.40. The second kappa shape index (κ2) is 6.45. The van der Waals surface area contributed by atoms with Gasteiger partial charge in [0.25, 0.3) is 0 Å². The van der Waals surface area contributed by atoms with E-state index in [2.05, 4.69) is 10.4 Å². The van der Waals surface area contributed by atoms with Crippen LogP contribution in [0, 0.1) is 0 Å². The zero-order chi connectivity index (χ0) is 15.5. The van der Waals surface area contributed by atoms with E-state index < -0.39 is 23.5 Å². The van der Waals surface area contributed by atoms with E-state index in [1.54, 1.807) is 4.90 Å². The summed E-state index contributed by atoms with van der Waals surface area (Å²) in [5.74, 6) is -0.561. The monoisotopic (exact) mass is 312 g/mol. The molecule has 0 aliphatic carbocycles. The Morgan fingerprint density at radius 3 is 2.40 bits per heavy atom. The molecule has 0 unspecified atom stereocenters. The number of anilines is 1. The largest absolute Gasteiger partial charge is 0.435 e. The molecule has 0 aliphatic heterocycles. The predicted molar refractivity (Wildman–Crippen MR) is 69.6 cm³/mol. The highest BCUT2D eigenvalue weighted by Crippen LogP contribution is 2.38. The quantitative estimate of drug-likeness (QED) is 0.908. The number of carbonyl (C=O) groups is 1. The third-order valence-corrected chi connectivity index (χ3v) is 3.06. The average molecular weight is 313 g/mol. The van der Waals surface area contributed by atoms with Crippen molar-refractivity contribution in [2.75, 3.05) is 25.0 Å². The number of aryl methyl sites for hydroxylation is 1. The van der Waals surface area contributed by atoms with Gasteiger partial charge in [-0.2, -0.15) is 18.3 Å². The van der Waals surface area contributed by atoms with Crippen LogP contribution in [0.5, 0.6) is 0 Å². The Morgan fingerprint density at radius 1 is 1.40 bits per heavy atom. The Morgan fingerprint density at radius 2 is 1.95 bits per heavy atom.